The molecule has 0 atom stereocenters. The zero-order valence-corrected chi connectivity index (χ0v) is 9.59. The van der Waals surface area contributed by atoms with Gasteiger partial charge in [0.25, 0.3) is 0 Å². The third-order valence-electron chi connectivity index (χ3n) is 2.61. The van der Waals surface area contributed by atoms with Gasteiger partial charge in [0.05, 0.1) is 0 Å². The predicted octanol–water partition coefficient (Wildman–Crippen LogP) is 2.92. The number of aryl methyl sites for hydroxylation is 1. The first-order valence-electron chi connectivity index (χ1n) is 4.92. The molecule has 0 saturated heterocycles. The van der Waals surface area contributed by atoms with Gasteiger partial charge in [-0.2, -0.15) is 0 Å². The minimum Gasteiger partial charge on any atom is -0.508 e. The summed E-state index contributed by atoms with van der Waals surface area (Å²) in [5.74, 6) is 0.338. The second-order valence-corrected chi connectivity index (χ2v) is 3.82. The van der Waals surface area contributed by atoms with Crippen LogP contribution in [0.2, 0.25) is 0 Å². The summed E-state index contributed by atoms with van der Waals surface area (Å²) in [5.41, 5.74) is 3.88. The third-order valence-corrected chi connectivity index (χ3v) is 2.61. The van der Waals surface area contributed by atoms with Gasteiger partial charge < -0.3 is 5.11 Å². The molecule has 0 aromatic heterocycles. The summed E-state index contributed by atoms with van der Waals surface area (Å²) >= 11 is 0. The lowest BCUT2D eigenvalue weighted by Gasteiger charge is -2.10. The minimum atomic E-state index is 0.0273. The highest BCUT2D eigenvalue weighted by atomic mass is 16.3. The van der Waals surface area contributed by atoms with Crippen molar-refractivity contribution in [2.24, 2.45) is 0 Å². The summed E-state index contributed by atoms with van der Waals surface area (Å²) in [6, 6.07) is 1.72. The maximum Gasteiger partial charge on any atom is 0.152 e. The van der Waals surface area contributed by atoms with Crippen molar-refractivity contribution in [1.82, 2.24) is 0 Å². The number of phenolic OH excluding ortho intramolecular Hbond substituents is 1. The van der Waals surface area contributed by atoms with E-state index in [1.165, 1.54) is 6.92 Å². The van der Waals surface area contributed by atoms with Gasteiger partial charge in [0.1, 0.15) is 5.75 Å². The van der Waals surface area contributed by atoms with Gasteiger partial charge in [-0.1, -0.05) is 6.08 Å². The number of carbonyl (C=O) groups excluding carboxylic acids is 1. The van der Waals surface area contributed by atoms with Crippen molar-refractivity contribution in [2.45, 2.75) is 27.7 Å². The number of hydrogen-bond donors (Lipinski definition) is 1. The summed E-state index contributed by atoms with van der Waals surface area (Å²) in [6.45, 7) is 7.26. The van der Waals surface area contributed by atoms with Crippen molar-refractivity contribution in [3.05, 3.63) is 34.4 Å². The fourth-order valence-corrected chi connectivity index (χ4v) is 1.54. The highest BCUT2D eigenvalue weighted by molar-refractivity contribution is 5.92. The van der Waals surface area contributed by atoms with E-state index in [1.807, 2.05) is 20.8 Å². The molecule has 1 aromatic carbocycles. The molecule has 0 unspecified atom stereocenters. The zero-order chi connectivity index (χ0) is 11.6. The second kappa shape index (κ2) is 4.30. The highest BCUT2D eigenvalue weighted by Crippen LogP contribution is 2.27. The maximum absolute atomic E-state index is 10.9. The standard InChI is InChI=1S/C13H16O2/c1-8-7-13(15)11(4)10(3)12(8)6-5-9(2)14/h5-7,15H,1-4H3/b6-5+. The second-order valence-electron chi connectivity index (χ2n) is 3.82. The molecule has 80 valence electrons. The summed E-state index contributed by atoms with van der Waals surface area (Å²) in [4.78, 5) is 10.9. The van der Waals surface area contributed by atoms with E-state index in [0.29, 0.717) is 5.75 Å². The Kier molecular flexibility index (Phi) is 3.30. The first-order valence-corrected chi connectivity index (χ1v) is 4.92. The smallest absolute Gasteiger partial charge is 0.152 e. The summed E-state index contributed by atoms with van der Waals surface area (Å²) < 4.78 is 0. The Balaban J connectivity index is 3.30. The normalized spacial score (nSPS) is 10.9. The number of aromatic hydroxyl groups is 1. The molecule has 0 fully saturated rings. The SMILES string of the molecule is CC(=O)/C=C/c1c(C)cc(O)c(C)c1C. The Hall–Kier alpha value is -1.57. The fraction of sp³-hybridized carbons (Fsp3) is 0.308. The van der Waals surface area contributed by atoms with Crippen LogP contribution in [0.5, 0.6) is 5.75 Å². The molecular weight excluding hydrogens is 188 g/mol. The monoisotopic (exact) mass is 204 g/mol. The molecule has 0 amide bonds. The summed E-state index contributed by atoms with van der Waals surface area (Å²) in [5, 5.41) is 9.59. The van der Waals surface area contributed by atoms with Crippen molar-refractivity contribution in [1.29, 1.82) is 0 Å². The molecule has 0 saturated carbocycles. The van der Waals surface area contributed by atoms with E-state index < -0.39 is 0 Å². The van der Waals surface area contributed by atoms with Crippen LogP contribution >= 0.6 is 0 Å². The summed E-state index contributed by atoms with van der Waals surface area (Å²) in [6.07, 6.45) is 3.35. The van der Waals surface area contributed by atoms with Crippen LogP contribution in [-0.4, -0.2) is 10.9 Å². The van der Waals surface area contributed by atoms with E-state index >= 15 is 0 Å². The van der Waals surface area contributed by atoms with Crippen LogP contribution in [0.3, 0.4) is 0 Å². The topological polar surface area (TPSA) is 37.3 Å². The fourth-order valence-electron chi connectivity index (χ4n) is 1.54. The van der Waals surface area contributed by atoms with Crippen molar-refractivity contribution in [3.8, 4) is 5.75 Å². The van der Waals surface area contributed by atoms with Crippen LogP contribution in [-0.2, 0) is 4.79 Å². The van der Waals surface area contributed by atoms with E-state index in [0.717, 1.165) is 22.3 Å². The van der Waals surface area contributed by atoms with Crippen LogP contribution < -0.4 is 0 Å². The molecule has 0 spiro atoms. The number of allylic oxidation sites excluding steroid dienone is 1. The number of rotatable bonds is 2. The van der Waals surface area contributed by atoms with Gasteiger partial charge in [0, 0.05) is 0 Å². The molecule has 1 rings (SSSR count). The zero-order valence-electron chi connectivity index (χ0n) is 9.59. The van der Waals surface area contributed by atoms with Crippen molar-refractivity contribution >= 4 is 11.9 Å². The molecule has 0 radical (unpaired) electrons. The lowest BCUT2D eigenvalue weighted by Crippen LogP contribution is -1.92. The Morgan fingerprint density at radius 2 is 1.87 bits per heavy atom. The lowest BCUT2D eigenvalue weighted by atomic mass is 9.97. The molecule has 0 heterocycles. The van der Waals surface area contributed by atoms with E-state index in [1.54, 1.807) is 18.2 Å². The van der Waals surface area contributed by atoms with Gasteiger partial charge in [-0.3, -0.25) is 4.79 Å². The molecule has 0 aliphatic rings. The van der Waals surface area contributed by atoms with Crippen LogP contribution in [0.1, 0.15) is 29.2 Å². The number of ketones is 1. The number of phenols is 1. The molecular formula is C13H16O2. The molecule has 15 heavy (non-hydrogen) atoms. The van der Waals surface area contributed by atoms with E-state index in [2.05, 4.69) is 0 Å². The quantitative estimate of drug-likeness (QED) is 0.752. The molecule has 0 aliphatic carbocycles. The van der Waals surface area contributed by atoms with Gasteiger partial charge in [-0.15, -0.1) is 0 Å². The summed E-state index contributed by atoms with van der Waals surface area (Å²) in [7, 11) is 0. The van der Waals surface area contributed by atoms with Crippen LogP contribution in [0.4, 0.5) is 0 Å². The first-order chi connectivity index (χ1) is 6.93. The van der Waals surface area contributed by atoms with Crippen molar-refractivity contribution in [2.75, 3.05) is 0 Å². The Morgan fingerprint density at radius 3 is 2.40 bits per heavy atom. The Morgan fingerprint density at radius 1 is 1.27 bits per heavy atom. The lowest BCUT2D eigenvalue weighted by molar-refractivity contribution is -0.112. The largest absolute Gasteiger partial charge is 0.508 e. The van der Waals surface area contributed by atoms with Crippen LogP contribution in [0, 0.1) is 20.8 Å². The third kappa shape index (κ3) is 2.46. The van der Waals surface area contributed by atoms with Gasteiger partial charge in [0.15, 0.2) is 5.78 Å². The van der Waals surface area contributed by atoms with Crippen LogP contribution in [0.25, 0.3) is 6.08 Å². The Bertz CT molecular complexity index is 429. The van der Waals surface area contributed by atoms with E-state index in [4.69, 9.17) is 0 Å². The predicted molar refractivity (Wildman–Crippen MR) is 62.0 cm³/mol. The molecule has 0 bridgehead atoms. The minimum absolute atomic E-state index is 0.0273. The number of benzene rings is 1. The Labute approximate surface area is 90.3 Å². The molecule has 0 aliphatic heterocycles. The molecule has 1 aromatic rings. The van der Waals surface area contributed by atoms with Gasteiger partial charge in [-0.05, 0) is 62.1 Å². The number of hydrogen-bond acceptors (Lipinski definition) is 2. The van der Waals surface area contributed by atoms with Gasteiger partial charge in [0.2, 0.25) is 0 Å². The number of carbonyl (C=O) groups is 1. The average molecular weight is 204 g/mol. The molecule has 1 N–H and O–H groups in total. The van der Waals surface area contributed by atoms with E-state index in [9.17, 15) is 9.90 Å². The van der Waals surface area contributed by atoms with Crippen LogP contribution in [0.15, 0.2) is 12.1 Å². The van der Waals surface area contributed by atoms with Crippen molar-refractivity contribution in [3.63, 3.8) is 0 Å². The van der Waals surface area contributed by atoms with Gasteiger partial charge in [-0.25, -0.2) is 0 Å². The molecule has 2 nitrogen and oxygen atoms in total. The van der Waals surface area contributed by atoms with Crippen molar-refractivity contribution < 1.29 is 9.90 Å². The maximum atomic E-state index is 10.9. The molecule has 2 heteroatoms. The van der Waals surface area contributed by atoms with Gasteiger partial charge >= 0.3 is 0 Å². The van der Waals surface area contributed by atoms with E-state index in [-0.39, 0.29) is 5.78 Å². The first kappa shape index (κ1) is 11.5. The highest BCUT2D eigenvalue weighted by Gasteiger charge is 2.06. The average Bonchev–Trinajstić information content (AvgIpc) is 2.14.